The smallest absolute Gasteiger partial charge is 0.0151 e. The van der Waals surface area contributed by atoms with Crippen molar-refractivity contribution in [3.63, 3.8) is 0 Å². The highest BCUT2D eigenvalue weighted by Crippen LogP contribution is 2.23. The van der Waals surface area contributed by atoms with Crippen molar-refractivity contribution in [2.75, 3.05) is 0 Å². The van der Waals surface area contributed by atoms with Crippen LogP contribution in [0.1, 0.15) is 32.3 Å². The van der Waals surface area contributed by atoms with Gasteiger partial charge < -0.3 is 0 Å². The van der Waals surface area contributed by atoms with Crippen LogP contribution in [0.3, 0.4) is 0 Å². The molecule has 0 aliphatic carbocycles. The van der Waals surface area contributed by atoms with Crippen molar-refractivity contribution in [1.29, 1.82) is 0 Å². The number of benzene rings is 2. The molecular weight excluding hydrogens is 284 g/mol. The van der Waals surface area contributed by atoms with Crippen LogP contribution in [0.5, 0.6) is 0 Å². The third-order valence-corrected chi connectivity index (χ3v) is 4.17. The van der Waals surface area contributed by atoms with Gasteiger partial charge in [0.1, 0.15) is 0 Å². The number of hydrogen-bond acceptors (Lipinski definition) is 0. The van der Waals surface area contributed by atoms with Gasteiger partial charge in [0, 0.05) is 4.83 Å². The molecule has 0 spiro atoms. The molecule has 0 saturated heterocycles. The summed E-state index contributed by atoms with van der Waals surface area (Å²) in [7, 11) is 0. The first-order chi connectivity index (χ1) is 8.66. The average Bonchev–Trinajstić information content (AvgIpc) is 2.35. The number of rotatable bonds is 5. The monoisotopic (exact) mass is 304 g/mol. The Balaban J connectivity index is 2.08. The predicted molar refractivity (Wildman–Crippen MR) is 84.4 cm³/mol. The van der Waals surface area contributed by atoms with Crippen LogP contribution in [-0.4, -0.2) is 4.83 Å². The van der Waals surface area contributed by atoms with Crippen molar-refractivity contribution in [1.82, 2.24) is 0 Å². The molecule has 0 aromatic heterocycles. The second-order valence-electron chi connectivity index (χ2n) is 5.40. The van der Waals surface area contributed by atoms with E-state index < -0.39 is 0 Å². The quantitative estimate of drug-likeness (QED) is 0.632. The largest absolute Gasteiger partial charge is 0.0890 e. The molecule has 96 valence electrons. The molecule has 0 aliphatic heterocycles. The molecule has 0 N–H and O–H groups in total. The van der Waals surface area contributed by atoms with Gasteiger partial charge >= 0.3 is 0 Å². The van der Waals surface area contributed by atoms with E-state index in [0.29, 0.717) is 4.83 Å². The Morgan fingerprint density at radius 3 is 2.50 bits per heavy atom. The number of fused-ring (bicyclic) bond motifs is 1. The van der Waals surface area contributed by atoms with Crippen LogP contribution in [0.2, 0.25) is 0 Å². The number of hydrogen-bond donors (Lipinski definition) is 0. The minimum Gasteiger partial charge on any atom is -0.0890 e. The van der Waals surface area contributed by atoms with Gasteiger partial charge in [0.2, 0.25) is 0 Å². The minimum absolute atomic E-state index is 0.636. The fourth-order valence-electron chi connectivity index (χ4n) is 2.45. The van der Waals surface area contributed by atoms with Gasteiger partial charge in [0.25, 0.3) is 0 Å². The molecule has 0 radical (unpaired) electrons. The predicted octanol–water partition coefficient (Wildman–Crippen LogP) is 5.58. The summed E-state index contributed by atoms with van der Waals surface area (Å²) < 4.78 is 0. The van der Waals surface area contributed by atoms with E-state index in [0.717, 1.165) is 12.3 Å². The maximum atomic E-state index is 3.80. The van der Waals surface area contributed by atoms with Gasteiger partial charge in [-0.05, 0) is 41.5 Å². The average molecular weight is 305 g/mol. The Morgan fingerprint density at radius 1 is 1.00 bits per heavy atom. The van der Waals surface area contributed by atoms with E-state index in [2.05, 4.69) is 72.2 Å². The fourth-order valence-corrected chi connectivity index (χ4v) is 3.43. The van der Waals surface area contributed by atoms with Gasteiger partial charge in [-0.3, -0.25) is 0 Å². The molecule has 18 heavy (non-hydrogen) atoms. The van der Waals surface area contributed by atoms with E-state index in [-0.39, 0.29) is 0 Å². The van der Waals surface area contributed by atoms with Gasteiger partial charge in [0.05, 0.1) is 0 Å². The van der Waals surface area contributed by atoms with E-state index in [4.69, 9.17) is 0 Å². The van der Waals surface area contributed by atoms with Gasteiger partial charge in [-0.1, -0.05) is 72.2 Å². The normalized spacial score (nSPS) is 13.1. The molecule has 0 aliphatic rings. The van der Waals surface area contributed by atoms with Gasteiger partial charge in [-0.15, -0.1) is 0 Å². The van der Waals surface area contributed by atoms with Crippen LogP contribution in [-0.2, 0) is 6.42 Å². The summed E-state index contributed by atoms with van der Waals surface area (Å²) in [6, 6.07) is 15.3. The molecule has 0 fully saturated rings. The first-order valence-corrected chi connectivity index (χ1v) is 7.69. The van der Waals surface area contributed by atoms with Crippen LogP contribution in [0.15, 0.2) is 42.5 Å². The molecule has 2 aromatic carbocycles. The van der Waals surface area contributed by atoms with Crippen LogP contribution < -0.4 is 0 Å². The Hall–Kier alpha value is -0.820. The molecular formula is C17H21Br. The fraction of sp³-hybridized carbons (Fsp3) is 0.412. The SMILES string of the molecule is CC(C)CC(Br)CCc1cccc2ccccc12. The zero-order valence-corrected chi connectivity index (χ0v) is 12.8. The lowest BCUT2D eigenvalue weighted by atomic mass is 9.98. The molecule has 1 unspecified atom stereocenters. The van der Waals surface area contributed by atoms with E-state index in [1.165, 1.54) is 29.2 Å². The maximum absolute atomic E-state index is 3.80. The molecule has 0 heterocycles. The second kappa shape index (κ2) is 6.38. The van der Waals surface area contributed by atoms with E-state index in [1.807, 2.05) is 0 Å². The molecule has 1 atom stereocenters. The summed E-state index contributed by atoms with van der Waals surface area (Å²) >= 11 is 3.80. The van der Waals surface area contributed by atoms with E-state index in [1.54, 1.807) is 0 Å². The molecule has 1 heteroatoms. The third kappa shape index (κ3) is 3.58. The summed E-state index contributed by atoms with van der Waals surface area (Å²) in [5.74, 6) is 0.766. The Bertz CT molecular complexity index is 496. The zero-order valence-electron chi connectivity index (χ0n) is 11.2. The maximum Gasteiger partial charge on any atom is 0.0151 e. The molecule has 0 nitrogen and oxygen atoms in total. The topological polar surface area (TPSA) is 0 Å². The standard InChI is InChI=1S/C17H21Br/c1-13(2)12-16(18)11-10-15-8-5-7-14-6-3-4-9-17(14)15/h3-9,13,16H,10-12H2,1-2H3. The zero-order chi connectivity index (χ0) is 13.0. The van der Waals surface area contributed by atoms with E-state index in [9.17, 15) is 0 Å². The lowest BCUT2D eigenvalue weighted by Gasteiger charge is -2.13. The highest BCUT2D eigenvalue weighted by molar-refractivity contribution is 9.09. The van der Waals surface area contributed by atoms with Crippen LogP contribution in [0, 0.1) is 5.92 Å². The van der Waals surface area contributed by atoms with Crippen LogP contribution in [0.25, 0.3) is 10.8 Å². The third-order valence-electron chi connectivity index (χ3n) is 3.33. The van der Waals surface area contributed by atoms with Crippen LogP contribution in [0.4, 0.5) is 0 Å². The summed E-state index contributed by atoms with van der Waals surface area (Å²) in [4.78, 5) is 0.636. The van der Waals surface area contributed by atoms with E-state index >= 15 is 0 Å². The lowest BCUT2D eigenvalue weighted by molar-refractivity contribution is 0.555. The molecule has 2 aromatic rings. The van der Waals surface area contributed by atoms with Gasteiger partial charge in [-0.2, -0.15) is 0 Å². The van der Waals surface area contributed by atoms with Crippen LogP contribution >= 0.6 is 15.9 Å². The summed E-state index contributed by atoms with van der Waals surface area (Å²) in [6.07, 6.45) is 3.63. The summed E-state index contributed by atoms with van der Waals surface area (Å²) in [5.41, 5.74) is 1.47. The van der Waals surface area contributed by atoms with Crippen molar-refractivity contribution in [2.24, 2.45) is 5.92 Å². The van der Waals surface area contributed by atoms with Gasteiger partial charge in [-0.25, -0.2) is 0 Å². The minimum atomic E-state index is 0.636. The molecule has 0 bridgehead atoms. The number of alkyl halides is 1. The first-order valence-electron chi connectivity index (χ1n) is 6.77. The number of halogens is 1. The van der Waals surface area contributed by atoms with Crippen molar-refractivity contribution < 1.29 is 0 Å². The number of aryl methyl sites for hydroxylation is 1. The highest BCUT2D eigenvalue weighted by atomic mass is 79.9. The second-order valence-corrected chi connectivity index (χ2v) is 6.70. The highest BCUT2D eigenvalue weighted by Gasteiger charge is 2.08. The Kier molecular flexibility index (Phi) is 4.82. The van der Waals surface area contributed by atoms with Crippen molar-refractivity contribution in [3.05, 3.63) is 48.0 Å². The lowest BCUT2D eigenvalue weighted by Crippen LogP contribution is -2.04. The first kappa shape index (κ1) is 13.6. The Labute approximate surface area is 119 Å². The Morgan fingerprint density at radius 2 is 1.72 bits per heavy atom. The summed E-state index contributed by atoms with van der Waals surface area (Å²) in [5, 5.41) is 2.76. The van der Waals surface area contributed by atoms with Crippen molar-refractivity contribution in [2.45, 2.75) is 37.9 Å². The van der Waals surface area contributed by atoms with Crippen molar-refractivity contribution in [3.8, 4) is 0 Å². The molecule has 0 saturated carbocycles. The molecule has 0 amide bonds. The van der Waals surface area contributed by atoms with Crippen molar-refractivity contribution >= 4 is 26.7 Å². The molecule has 2 rings (SSSR count). The van der Waals surface area contributed by atoms with Gasteiger partial charge in [0.15, 0.2) is 0 Å². The summed E-state index contributed by atoms with van der Waals surface area (Å²) in [6.45, 7) is 4.57.